The van der Waals surface area contributed by atoms with E-state index in [9.17, 15) is 10.0 Å². The smallest absolute Gasteiger partial charge is 0.423 e. The molecule has 2 nitrogen and oxygen atoms in total. The Hall–Kier alpha value is -3.40. The molecule has 0 aromatic heterocycles. The summed E-state index contributed by atoms with van der Waals surface area (Å²) in [5, 5.41) is 20.2. The van der Waals surface area contributed by atoms with Gasteiger partial charge in [0.05, 0.1) is 12.3 Å². The average Bonchev–Trinajstić information content (AvgIpc) is 2.92. The molecule has 0 atom stereocenters. The molecule has 5 aromatic rings. The van der Waals surface area contributed by atoms with E-state index < -0.39 is 55.5 Å². The third-order valence-corrected chi connectivity index (χ3v) is 4.90. The van der Waals surface area contributed by atoms with Crippen LogP contribution in [-0.2, 0) is 0 Å². The van der Waals surface area contributed by atoms with E-state index in [4.69, 9.17) is 12.3 Å². The SMILES string of the molecule is [2H]c1c([2H])c([2H])c(-c2c3ccccc3c(-c3ccc(B(O)O)cc3)c3c([2H])c([2H])c([2H])c([2H])c23)c([2H])c1[2H]. The quantitative estimate of drug-likeness (QED) is 0.340. The highest BCUT2D eigenvalue weighted by Crippen LogP contribution is 2.43. The molecule has 0 aliphatic rings. The van der Waals surface area contributed by atoms with Crippen molar-refractivity contribution in [2.24, 2.45) is 0 Å². The summed E-state index contributed by atoms with van der Waals surface area (Å²) in [6.07, 6.45) is 0. The maximum absolute atomic E-state index is 9.53. The van der Waals surface area contributed by atoms with E-state index in [0.29, 0.717) is 21.9 Å². The van der Waals surface area contributed by atoms with Crippen molar-refractivity contribution in [3.8, 4) is 22.3 Å². The van der Waals surface area contributed by atoms with E-state index in [0.717, 1.165) is 0 Å². The summed E-state index contributed by atoms with van der Waals surface area (Å²) in [4.78, 5) is 0. The standard InChI is InChI=1S/C26H19BO2/c28-27(29)20-16-14-19(15-17-20)26-23-12-6-4-10-21(23)25(18-8-2-1-3-9-18)22-11-5-7-13-24(22)26/h1-17,28-29H/i1D,2D,3D,4D,6D,8D,9D,10D,12D. The predicted molar refractivity (Wildman–Crippen MR) is 122 cm³/mol. The zero-order valence-corrected chi connectivity index (χ0v) is 15.1. The molecule has 29 heavy (non-hydrogen) atoms. The van der Waals surface area contributed by atoms with Crippen molar-refractivity contribution < 1.29 is 22.4 Å². The van der Waals surface area contributed by atoms with Gasteiger partial charge in [-0.05, 0) is 49.3 Å². The minimum Gasteiger partial charge on any atom is -0.423 e. The van der Waals surface area contributed by atoms with Gasteiger partial charge in [-0.25, -0.2) is 0 Å². The monoisotopic (exact) mass is 383 g/mol. The van der Waals surface area contributed by atoms with Crippen LogP contribution < -0.4 is 5.46 Å². The van der Waals surface area contributed by atoms with Crippen LogP contribution in [0.5, 0.6) is 0 Å². The molecule has 5 aromatic carbocycles. The Bertz CT molecular complexity index is 1760. The summed E-state index contributed by atoms with van der Waals surface area (Å²) >= 11 is 0. The molecule has 2 N–H and O–H groups in total. The maximum Gasteiger partial charge on any atom is 0.488 e. The molecule has 0 spiro atoms. The van der Waals surface area contributed by atoms with E-state index in [1.165, 1.54) is 12.1 Å². The van der Waals surface area contributed by atoms with Crippen molar-refractivity contribution in [1.82, 2.24) is 0 Å². The van der Waals surface area contributed by atoms with Crippen molar-refractivity contribution in [3.05, 3.63) is 103 Å². The van der Waals surface area contributed by atoms with E-state index in [1.807, 2.05) is 0 Å². The lowest BCUT2D eigenvalue weighted by molar-refractivity contribution is 0.426. The van der Waals surface area contributed by atoms with Crippen molar-refractivity contribution in [1.29, 1.82) is 0 Å². The van der Waals surface area contributed by atoms with Crippen molar-refractivity contribution >= 4 is 34.1 Å². The molecule has 0 aliphatic heterocycles. The molecule has 0 saturated carbocycles. The van der Waals surface area contributed by atoms with Gasteiger partial charge < -0.3 is 10.0 Å². The lowest BCUT2D eigenvalue weighted by Gasteiger charge is -2.17. The highest BCUT2D eigenvalue weighted by atomic mass is 16.4. The van der Waals surface area contributed by atoms with Crippen LogP contribution in [0.3, 0.4) is 0 Å². The van der Waals surface area contributed by atoms with Crippen LogP contribution in [-0.4, -0.2) is 17.2 Å². The molecule has 5 rings (SSSR count). The highest BCUT2D eigenvalue weighted by molar-refractivity contribution is 6.58. The van der Waals surface area contributed by atoms with Gasteiger partial charge in [0, 0.05) is 0 Å². The normalized spacial score (nSPS) is 15.4. The largest absolute Gasteiger partial charge is 0.488 e. The van der Waals surface area contributed by atoms with Crippen LogP contribution in [0.25, 0.3) is 43.8 Å². The van der Waals surface area contributed by atoms with Gasteiger partial charge in [-0.1, -0.05) is 103 Å². The van der Waals surface area contributed by atoms with E-state index in [2.05, 4.69) is 0 Å². The molecule has 3 heteroatoms. The number of hydrogen-bond donors (Lipinski definition) is 2. The summed E-state index contributed by atoms with van der Waals surface area (Å²) in [7, 11) is -1.69. The van der Waals surface area contributed by atoms with Gasteiger partial charge in [0.15, 0.2) is 0 Å². The fraction of sp³-hybridized carbons (Fsp3) is 0. The van der Waals surface area contributed by atoms with Crippen LogP contribution in [0.2, 0.25) is 0 Å². The second-order valence-corrected chi connectivity index (χ2v) is 6.54. The molecular weight excluding hydrogens is 355 g/mol. The van der Waals surface area contributed by atoms with E-state index >= 15 is 0 Å². The molecule has 0 heterocycles. The predicted octanol–water partition coefficient (Wildman–Crippen LogP) is 5.01. The summed E-state index contributed by atoms with van der Waals surface area (Å²) < 4.78 is 76.0. The van der Waals surface area contributed by atoms with Gasteiger partial charge in [0.2, 0.25) is 0 Å². The Kier molecular flexibility index (Phi) is 2.59. The third kappa shape index (κ3) is 3.01. The maximum atomic E-state index is 9.53. The Balaban J connectivity index is 2.10. The van der Waals surface area contributed by atoms with Crippen LogP contribution in [0.1, 0.15) is 12.3 Å². The van der Waals surface area contributed by atoms with Gasteiger partial charge in [-0.2, -0.15) is 0 Å². The van der Waals surface area contributed by atoms with Gasteiger partial charge in [-0.15, -0.1) is 0 Å². The molecule has 138 valence electrons. The van der Waals surface area contributed by atoms with Crippen LogP contribution in [0, 0.1) is 0 Å². The van der Waals surface area contributed by atoms with Crippen molar-refractivity contribution in [2.75, 3.05) is 0 Å². The molecule has 0 unspecified atom stereocenters. The number of fused-ring (bicyclic) bond motifs is 2. The second-order valence-electron chi connectivity index (χ2n) is 6.54. The molecule has 0 radical (unpaired) electrons. The zero-order chi connectivity index (χ0) is 27.6. The Morgan fingerprint density at radius 1 is 0.552 bits per heavy atom. The molecule has 0 aliphatic carbocycles. The minimum absolute atomic E-state index is 0.0227. The number of benzene rings is 5. The zero-order valence-electron chi connectivity index (χ0n) is 24.1. The third-order valence-electron chi connectivity index (χ3n) is 4.90. The van der Waals surface area contributed by atoms with Crippen LogP contribution in [0.15, 0.2) is 103 Å². The van der Waals surface area contributed by atoms with Crippen molar-refractivity contribution in [2.45, 2.75) is 0 Å². The first kappa shape index (κ1) is 10.4. The topological polar surface area (TPSA) is 40.5 Å². The first-order valence-electron chi connectivity index (χ1n) is 13.5. The molecule has 0 amide bonds. The van der Waals surface area contributed by atoms with E-state index in [-0.39, 0.29) is 33.4 Å². The summed E-state index contributed by atoms with van der Waals surface area (Å²) in [5.74, 6) is 0. The molecule has 0 fully saturated rings. The molecule has 0 saturated heterocycles. The first-order chi connectivity index (χ1) is 18.0. The lowest BCUT2D eigenvalue weighted by atomic mass is 9.79. The Labute approximate surface area is 182 Å². The van der Waals surface area contributed by atoms with Crippen LogP contribution in [0.4, 0.5) is 0 Å². The van der Waals surface area contributed by atoms with Crippen molar-refractivity contribution in [3.63, 3.8) is 0 Å². The second kappa shape index (κ2) is 7.21. The summed E-state index contributed by atoms with van der Waals surface area (Å²) in [5.41, 5.74) is 1.17. The summed E-state index contributed by atoms with van der Waals surface area (Å²) in [6, 6.07) is 8.68. The summed E-state index contributed by atoms with van der Waals surface area (Å²) in [6.45, 7) is 0. The molecule has 0 bridgehead atoms. The Morgan fingerprint density at radius 2 is 1.07 bits per heavy atom. The van der Waals surface area contributed by atoms with Gasteiger partial charge in [0.25, 0.3) is 0 Å². The minimum atomic E-state index is -1.69. The van der Waals surface area contributed by atoms with Gasteiger partial charge in [-0.3, -0.25) is 0 Å². The first-order valence-corrected chi connectivity index (χ1v) is 8.95. The fourth-order valence-electron chi connectivity index (χ4n) is 3.63. The number of hydrogen-bond acceptors (Lipinski definition) is 2. The van der Waals surface area contributed by atoms with Crippen LogP contribution >= 0.6 is 0 Å². The Morgan fingerprint density at radius 3 is 1.62 bits per heavy atom. The molecular formula is C26H19BO2. The average molecular weight is 383 g/mol. The highest BCUT2D eigenvalue weighted by Gasteiger charge is 2.17. The van der Waals surface area contributed by atoms with Gasteiger partial charge in [0.1, 0.15) is 0 Å². The number of rotatable bonds is 3. The van der Waals surface area contributed by atoms with E-state index in [1.54, 1.807) is 36.4 Å². The lowest BCUT2D eigenvalue weighted by Crippen LogP contribution is -2.29. The fourth-order valence-corrected chi connectivity index (χ4v) is 3.63. The van der Waals surface area contributed by atoms with Gasteiger partial charge >= 0.3 is 7.12 Å².